The lowest BCUT2D eigenvalue weighted by Gasteiger charge is -2.61. The molecule has 2 unspecified atom stereocenters. The maximum atomic E-state index is 13.0. The quantitative estimate of drug-likeness (QED) is 0.404. The number of aliphatic hydroxyl groups is 2. The fourth-order valence-corrected chi connectivity index (χ4v) is 6.63. The van der Waals surface area contributed by atoms with Crippen LogP contribution in [0.15, 0.2) is 24.0 Å². The second-order valence-electron chi connectivity index (χ2n) is 10.4. The third-order valence-electron chi connectivity index (χ3n) is 8.41. The van der Waals surface area contributed by atoms with Crippen molar-refractivity contribution in [3.63, 3.8) is 0 Å². The Kier molecular flexibility index (Phi) is 6.32. The van der Waals surface area contributed by atoms with Crippen LogP contribution in [-0.4, -0.2) is 76.6 Å². The molecular formula is C27H33NO9. The Morgan fingerprint density at radius 3 is 2.68 bits per heavy atom. The van der Waals surface area contributed by atoms with Gasteiger partial charge in [0.15, 0.2) is 18.3 Å². The SMILES string of the molecule is CC[C@H](OC(C)=O)C(=O)O[C@@H](C)C(=O)OC1=CC[C@@]2(O)[C@H]3Cc4ccc(CO)c5c4C2(CCN3C)C1O5. The number of likely N-dealkylation sites (N-methyl/N-ethyl adjacent to an activating group) is 1. The van der Waals surface area contributed by atoms with Crippen molar-refractivity contribution in [2.45, 2.75) is 88.4 Å². The van der Waals surface area contributed by atoms with E-state index in [1.807, 2.05) is 19.2 Å². The van der Waals surface area contributed by atoms with Gasteiger partial charge in [0.2, 0.25) is 0 Å². The summed E-state index contributed by atoms with van der Waals surface area (Å²) in [6.45, 7) is 4.74. The highest BCUT2D eigenvalue weighted by molar-refractivity contribution is 5.83. The van der Waals surface area contributed by atoms with E-state index in [2.05, 4.69) is 4.90 Å². The summed E-state index contributed by atoms with van der Waals surface area (Å²) in [5, 5.41) is 22.2. The molecular weight excluding hydrogens is 482 g/mol. The molecule has 2 bridgehead atoms. The standard InChI is InChI=1S/C27H33NO9/c1-5-18(35-15(3)30)25(32)34-14(2)24(31)36-19-8-9-27(33)20-12-16-6-7-17(13-29)22-21(16)26(27,23(19)37-22)10-11-28(20)4/h6-8,14,18,20,23,29,33H,5,9-13H2,1-4H3/t14-,18-,20+,23?,26?,27+/m0/s1. The van der Waals surface area contributed by atoms with E-state index in [-0.39, 0.29) is 31.2 Å². The van der Waals surface area contributed by atoms with Crippen LogP contribution in [0.2, 0.25) is 0 Å². The molecule has 1 fully saturated rings. The van der Waals surface area contributed by atoms with Gasteiger partial charge in [-0.25, -0.2) is 9.59 Å². The smallest absolute Gasteiger partial charge is 0.352 e. The summed E-state index contributed by atoms with van der Waals surface area (Å²) >= 11 is 0. The van der Waals surface area contributed by atoms with Gasteiger partial charge in [0, 0.05) is 30.5 Å². The van der Waals surface area contributed by atoms with Crippen LogP contribution in [0.25, 0.3) is 0 Å². The third-order valence-corrected chi connectivity index (χ3v) is 8.41. The number of carbonyl (C=O) groups is 3. The highest BCUT2D eigenvalue weighted by Crippen LogP contribution is 2.64. The Morgan fingerprint density at radius 2 is 2.00 bits per heavy atom. The number of benzene rings is 1. The monoisotopic (exact) mass is 515 g/mol. The number of ether oxygens (including phenoxy) is 4. The summed E-state index contributed by atoms with van der Waals surface area (Å²) < 4.78 is 22.4. The zero-order valence-electron chi connectivity index (χ0n) is 21.5. The molecule has 2 N–H and O–H groups in total. The summed E-state index contributed by atoms with van der Waals surface area (Å²) in [6, 6.07) is 3.68. The number of likely N-dealkylation sites (tertiary alicyclic amines) is 1. The number of nitrogens with zero attached hydrogens (tertiary/aromatic N) is 1. The van der Waals surface area contributed by atoms with Gasteiger partial charge in [-0.15, -0.1) is 0 Å². The van der Waals surface area contributed by atoms with Crippen molar-refractivity contribution in [1.82, 2.24) is 4.90 Å². The van der Waals surface area contributed by atoms with E-state index in [0.29, 0.717) is 24.2 Å². The molecule has 1 aromatic carbocycles. The number of hydrogen-bond acceptors (Lipinski definition) is 10. The third kappa shape index (κ3) is 3.68. The second-order valence-corrected chi connectivity index (χ2v) is 10.4. The van der Waals surface area contributed by atoms with Crippen molar-refractivity contribution in [3.05, 3.63) is 40.7 Å². The van der Waals surface area contributed by atoms with E-state index in [0.717, 1.165) is 17.7 Å². The molecule has 37 heavy (non-hydrogen) atoms. The van der Waals surface area contributed by atoms with Gasteiger partial charge in [-0.1, -0.05) is 19.1 Å². The zero-order valence-corrected chi connectivity index (χ0v) is 21.5. The summed E-state index contributed by atoms with van der Waals surface area (Å²) in [5.74, 6) is -1.47. The number of hydrogen-bond donors (Lipinski definition) is 2. The van der Waals surface area contributed by atoms with Crippen LogP contribution in [0, 0.1) is 0 Å². The van der Waals surface area contributed by atoms with Crippen LogP contribution >= 0.6 is 0 Å². The largest absolute Gasteiger partial charge is 0.481 e. The lowest BCUT2D eigenvalue weighted by molar-refractivity contribution is -0.180. The van der Waals surface area contributed by atoms with Crippen LogP contribution in [0.1, 0.15) is 56.7 Å². The van der Waals surface area contributed by atoms with E-state index >= 15 is 0 Å². The van der Waals surface area contributed by atoms with Crippen molar-refractivity contribution < 1.29 is 43.5 Å². The van der Waals surface area contributed by atoms with Gasteiger partial charge in [0.25, 0.3) is 0 Å². The summed E-state index contributed by atoms with van der Waals surface area (Å²) in [5.41, 5.74) is 0.575. The molecule has 5 rings (SSSR count). The number of carbonyl (C=O) groups excluding carboxylic acids is 3. The highest BCUT2D eigenvalue weighted by Gasteiger charge is 2.71. The molecule has 2 heterocycles. The number of esters is 3. The number of piperidine rings is 1. The van der Waals surface area contributed by atoms with Gasteiger partial charge in [-0.05, 0) is 51.4 Å². The molecule has 1 aromatic rings. The van der Waals surface area contributed by atoms with Crippen LogP contribution in [0.5, 0.6) is 5.75 Å². The molecule has 4 aliphatic rings. The molecule has 10 heteroatoms. The fourth-order valence-electron chi connectivity index (χ4n) is 6.63. The second kappa shape index (κ2) is 9.11. The molecule has 2 aliphatic carbocycles. The molecule has 2 aliphatic heterocycles. The van der Waals surface area contributed by atoms with E-state index in [4.69, 9.17) is 18.9 Å². The average Bonchev–Trinajstić information content (AvgIpc) is 3.21. The summed E-state index contributed by atoms with van der Waals surface area (Å²) in [7, 11) is 2.00. The van der Waals surface area contributed by atoms with Crippen molar-refractivity contribution in [2.75, 3.05) is 13.6 Å². The topological polar surface area (TPSA) is 132 Å². The Morgan fingerprint density at radius 1 is 1.24 bits per heavy atom. The maximum absolute atomic E-state index is 13.0. The van der Waals surface area contributed by atoms with E-state index in [1.165, 1.54) is 13.8 Å². The van der Waals surface area contributed by atoms with E-state index in [9.17, 15) is 24.6 Å². The number of rotatable bonds is 7. The molecule has 1 spiro atoms. The van der Waals surface area contributed by atoms with Crippen LogP contribution < -0.4 is 4.74 Å². The predicted octanol–water partition coefficient (Wildman–Crippen LogP) is 1.27. The van der Waals surface area contributed by atoms with Gasteiger partial charge in [0.05, 0.1) is 17.6 Å². The van der Waals surface area contributed by atoms with Crippen LogP contribution in [0.4, 0.5) is 0 Å². The van der Waals surface area contributed by atoms with Crippen molar-refractivity contribution in [3.8, 4) is 5.75 Å². The van der Waals surface area contributed by atoms with Crippen LogP contribution in [0.3, 0.4) is 0 Å². The highest BCUT2D eigenvalue weighted by atomic mass is 16.6. The first-order valence-corrected chi connectivity index (χ1v) is 12.7. The minimum Gasteiger partial charge on any atom is -0.481 e. The van der Waals surface area contributed by atoms with Gasteiger partial charge in [0.1, 0.15) is 11.5 Å². The lowest BCUT2D eigenvalue weighted by atomic mass is 9.50. The molecule has 0 radical (unpaired) electrons. The first-order chi connectivity index (χ1) is 17.6. The predicted molar refractivity (Wildman–Crippen MR) is 128 cm³/mol. The van der Waals surface area contributed by atoms with Gasteiger partial charge < -0.3 is 34.1 Å². The first-order valence-electron chi connectivity index (χ1n) is 12.7. The van der Waals surface area contributed by atoms with Crippen molar-refractivity contribution in [2.24, 2.45) is 0 Å². The molecule has 0 amide bonds. The molecule has 200 valence electrons. The maximum Gasteiger partial charge on any atom is 0.352 e. The van der Waals surface area contributed by atoms with E-state index < -0.39 is 47.2 Å². The lowest BCUT2D eigenvalue weighted by Crippen LogP contribution is -2.74. The summed E-state index contributed by atoms with van der Waals surface area (Å²) in [4.78, 5) is 38.8. The average molecular weight is 516 g/mol. The van der Waals surface area contributed by atoms with E-state index in [1.54, 1.807) is 13.0 Å². The van der Waals surface area contributed by atoms with Crippen molar-refractivity contribution >= 4 is 17.9 Å². The Bertz CT molecular complexity index is 1180. The molecule has 1 saturated heterocycles. The Hall–Kier alpha value is -2.95. The first kappa shape index (κ1) is 25.7. The molecule has 0 saturated carbocycles. The fraction of sp³-hybridized carbons (Fsp3) is 0.593. The summed E-state index contributed by atoms with van der Waals surface area (Å²) in [6.07, 6.45) is 0.214. The Labute approximate surface area is 215 Å². The van der Waals surface area contributed by atoms with Gasteiger partial charge in [-0.2, -0.15) is 0 Å². The molecule has 10 nitrogen and oxygen atoms in total. The molecule has 6 atom stereocenters. The zero-order chi connectivity index (χ0) is 26.7. The van der Waals surface area contributed by atoms with Gasteiger partial charge in [-0.3, -0.25) is 4.79 Å². The van der Waals surface area contributed by atoms with Crippen molar-refractivity contribution in [1.29, 1.82) is 0 Å². The minimum absolute atomic E-state index is 0.147. The normalized spacial score (nSPS) is 30.8. The minimum atomic E-state index is -1.26. The Balaban J connectivity index is 1.44. The van der Waals surface area contributed by atoms with Gasteiger partial charge >= 0.3 is 17.9 Å². The number of aliphatic hydroxyl groups excluding tert-OH is 1. The molecule has 0 aromatic heterocycles. The van der Waals surface area contributed by atoms with Crippen LogP contribution in [-0.2, 0) is 47.0 Å².